The molecule has 0 spiro atoms. The van der Waals surface area contributed by atoms with Gasteiger partial charge in [0.25, 0.3) is 0 Å². The van der Waals surface area contributed by atoms with E-state index in [-0.39, 0.29) is 0 Å². The fraction of sp³-hybridized carbons (Fsp3) is 0.444. The fourth-order valence-electron chi connectivity index (χ4n) is 2.34. The monoisotopic (exact) mass is 298 g/mol. The van der Waals surface area contributed by atoms with Crippen molar-refractivity contribution < 1.29 is 0 Å². The molecular formula is C18H26N4. The van der Waals surface area contributed by atoms with Crippen LogP contribution in [0, 0.1) is 6.92 Å². The molecule has 2 rings (SSSR count). The zero-order chi connectivity index (χ0) is 15.9. The number of nitrogens with zero attached hydrogens (tertiary/aromatic N) is 2. The Hall–Kier alpha value is -2.10. The molecule has 0 aliphatic carbocycles. The smallest absolute Gasteiger partial charge is 0.224 e. The van der Waals surface area contributed by atoms with E-state index in [0.29, 0.717) is 11.9 Å². The Balaban J connectivity index is 2.19. The highest BCUT2D eigenvalue weighted by atomic mass is 15.1. The number of benzene rings is 1. The Morgan fingerprint density at radius 3 is 2.64 bits per heavy atom. The summed E-state index contributed by atoms with van der Waals surface area (Å²) in [6, 6.07) is 10.3. The fourth-order valence-corrected chi connectivity index (χ4v) is 2.34. The zero-order valence-corrected chi connectivity index (χ0v) is 14.0. The maximum Gasteiger partial charge on any atom is 0.224 e. The van der Waals surface area contributed by atoms with E-state index in [4.69, 9.17) is 0 Å². The number of hydrogen-bond acceptors (Lipinski definition) is 4. The maximum atomic E-state index is 4.57. The van der Waals surface area contributed by atoms with Crippen molar-refractivity contribution in [2.45, 2.75) is 46.5 Å². The van der Waals surface area contributed by atoms with E-state index >= 15 is 0 Å². The van der Waals surface area contributed by atoms with Gasteiger partial charge in [-0.15, -0.1) is 0 Å². The van der Waals surface area contributed by atoms with Crippen LogP contribution in [0.25, 0.3) is 0 Å². The average molecular weight is 298 g/mol. The van der Waals surface area contributed by atoms with E-state index in [9.17, 15) is 0 Å². The summed E-state index contributed by atoms with van der Waals surface area (Å²) >= 11 is 0. The lowest BCUT2D eigenvalue weighted by molar-refractivity contribution is 0.825. The summed E-state index contributed by atoms with van der Waals surface area (Å²) in [4.78, 5) is 9.01. The highest BCUT2D eigenvalue weighted by Gasteiger charge is 2.08. The molecule has 0 unspecified atom stereocenters. The van der Waals surface area contributed by atoms with Crippen molar-refractivity contribution in [3.8, 4) is 0 Å². The molecule has 0 atom stereocenters. The number of nitrogens with one attached hydrogen (secondary N) is 2. The molecule has 0 fully saturated rings. The molecule has 1 aromatic heterocycles. The Labute approximate surface area is 133 Å². The van der Waals surface area contributed by atoms with Crippen molar-refractivity contribution in [1.82, 2.24) is 9.97 Å². The molecule has 0 aliphatic heterocycles. The maximum absolute atomic E-state index is 4.57. The van der Waals surface area contributed by atoms with Crippen LogP contribution >= 0.6 is 0 Å². The molecule has 0 saturated heterocycles. The molecule has 2 aromatic rings. The lowest BCUT2D eigenvalue weighted by Crippen LogP contribution is -2.08. The first-order valence-corrected chi connectivity index (χ1v) is 8.05. The molecule has 4 nitrogen and oxygen atoms in total. The number of hydrogen-bond donors (Lipinski definition) is 2. The summed E-state index contributed by atoms with van der Waals surface area (Å²) < 4.78 is 0. The van der Waals surface area contributed by atoms with Gasteiger partial charge in [0.05, 0.1) is 0 Å². The van der Waals surface area contributed by atoms with Crippen LogP contribution < -0.4 is 10.6 Å². The molecule has 0 radical (unpaired) electrons. The van der Waals surface area contributed by atoms with Crippen molar-refractivity contribution in [2.75, 3.05) is 17.2 Å². The van der Waals surface area contributed by atoms with Gasteiger partial charge in [-0.1, -0.05) is 45.4 Å². The third-order valence-electron chi connectivity index (χ3n) is 3.51. The molecule has 118 valence electrons. The third-order valence-corrected chi connectivity index (χ3v) is 3.51. The lowest BCUT2D eigenvalue weighted by atomic mass is 10.0. The van der Waals surface area contributed by atoms with Gasteiger partial charge in [-0.3, -0.25) is 0 Å². The Morgan fingerprint density at radius 1 is 1.14 bits per heavy atom. The predicted molar refractivity (Wildman–Crippen MR) is 94.0 cm³/mol. The summed E-state index contributed by atoms with van der Waals surface area (Å²) in [5.74, 6) is 1.99. The number of unbranched alkanes of at least 4 members (excludes halogenated alkanes) is 1. The van der Waals surface area contributed by atoms with Gasteiger partial charge in [0, 0.05) is 24.0 Å². The second-order valence-corrected chi connectivity index (χ2v) is 5.87. The Morgan fingerprint density at radius 2 is 1.91 bits per heavy atom. The molecule has 0 amide bonds. The van der Waals surface area contributed by atoms with Crippen LogP contribution in [0.1, 0.15) is 50.8 Å². The number of anilines is 3. The molecule has 1 heterocycles. The predicted octanol–water partition coefficient (Wildman–Crippen LogP) is 4.86. The number of aromatic nitrogens is 2. The highest BCUT2D eigenvalue weighted by Crippen LogP contribution is 2.26. The number of para-hydroxylation sites is 1. The van der Waals surface area contributed by atoms with Crippen LogP contribution in [-0.2, 0) is 0 Å². The van der Waals surface area contributed by atoms with E-state index < -0.39 is 0 Å². The largest absolute Gasteiger partial charge is 0.354 e. The summed E-state index contributed by atoms with van der Waals surface area (Å²) in [6.07, 6.45) is 2.28. The summed E-state index contributed by atoms with van der Waals surface area (Å²) in [7, 11) is 0. The minimum Gasteiger partial charge on any atom is -0.354 e. The Bertz CT molecular complexity index is 608. The summed E-state index contributed by atoms with van der Waals surface area (Å²) in [5.41, 5.74) is 3.35. The SMILES string of the molecule is CCCCNc1nc(C)cc(Nc2ccccc2C(C)C)n1. The Kier molecular flexibility index (Phi) is 5.75. The first kappa shape index (κ1) is 16.3. The minimum absolute atomic E-state index is 0.466. The average Bonchev–Trinajstić information content (AvgIpc) is 2.47. The van der Waals surface area contributed by atoms with Crippen LogP contribution in [-0.4, -0.2) is 16.5 Å². The van der Waals surface area contributed by atoms with Gasteiger partial charge >= 0.3 is 0 Å². The second-order valence-electron chi connectivity index (χ2n) is 5.87. The summed E-state index contributed by atoms with van der Waals surface area (Å²) in [6.45, 7) is 9.47. The zero-order valence-electron chi connectivity index (χ0n) is 14.0. The van der Waals surface area contributed by atoms with Gasteiger partial charge in [-0.05, 0) is 30.9 Å². The van der Waals surface area contributed by atoms with Crippen LogP contribution in [0.2, 0.25) is 0 Å². The molecule has 2 N–H and O–H groups in total. The quantitative estimate of drug-likeness (QED) is 0.716. The summed E-state index contributed by atoms with van der Waals surface area (Å²) in [5, 5.41) is 6.72. The third kappa shape index (κ3) is 4.45. The molecule has 1 aromatic carbocycles. The van der Waals surface area contributed by atoms with Crippen molar-refractivity contribution in [3.05, 3.63) is 41.6 Å². The van der Waals surface area contributed by atoms with Gasteiger partial charge in [-0.25, -0.2) is 4.98 Å². The minimum atomic E-state index is 0.466. The van der Waals surface area contributed by atoms with Gasteiger partial charge in [0.1, 0.15) is 5.82 Å². The topological polar surface area (TPSA) is 49.8 Å². The van der Waals surface area contributed by atoms with Crippen LogP contribution in [0.5, 0.6) is 0 Å². The van der Waals surface area contributed by atoms with Crippen LogP contribution in [0.15, 0.2) is 30.3 Å². The van der Waals surface area contributed by atoms with Crippen molar-refractivity contribution >= 4 is 17.5 Å². The first-order valence-electron chi connectivity index (χ1n) is 8.05. The normalized spacial score (nSPS) is 10.8. The highest BCUT2D eigenvalue weighted by molar-refractivity contribution is 5.62. The van der Waals surface area contributed by atoms with Crippen molar-refractivity contribution in [1.29, 1.82) is 0 Å². The van der Waals surface area contributed by atoms with Gasteiger partial charge in [0.2, 0.25) is 5.95 Å². The second kappa shape index (κ2) is 7.78. The van der Waals surface area contributed by atoms with Crippen molar-refractivity contribution in [2.24, 2.45) is 0 Å². The van der Waals surface area contributed by atoms with E-state index in [1.165, 1.54) is 5.56 Å². The first-order chi connectivity index (χ1) is 10.6. The molecule has 0 aliphatic rings. The van der Waals surface area contributed by atoms with Gasteiger partial charge < -0.3 is 10.6 Å². The number of aryl methyl sites for hydroxylation is 1. The molecule has 22 heavy (non-hydrogen) atoms. The van der Waals surface area contributed by atoms with E-state index in [0.717, 1.165) is 36.6 Å². The van der Waals surface area contributed by atoms with E-state index in [1.807, 2.05) is 19.1 Å². The molecule has 4 heteroatoms. The van der Waals surface area contributed by atoms with Crippen LogP contribution in [0.3, 0.4) is 0 Å². The molecule has 0 saturated carbocycles. The van der Waals surface area contributed by atoms with Crippen molar-refractivity contribution in [3.63, 3.8) is 0 Å². The molecular weight excluding hydrogens is 272 g/mol. The lowest BCUT2D eigenvalue weighted by Gasteiger charge is -2.15. The van der Waals surface area contributed by atoms with Crippen LogP contribution in [0.4, 0.5) is 17.5 Å². The van der Waals surface area contributed by atoms with E-state index in [1.54, 1.807) is 0 Å². The van der Waals surface area contributed by atoms with E-state index in [2.05, 4.69) is 59.6 Å². The standard InChI is InChI=1S/C18H26N4/c1-5-6-11-19-18-20-14(4)12-17(22-18)21-16-10-8-7-9-15(16)13(2)3/h7-10,12-13H,5-6,11H2,1-4H3,(H2,19,20,21,22). The number of rotatable bonds is 7. The van der Waals surface area contributed by atoms with Gasteiger partial charge in [0.15, 0.2) is 0 Å². The molecule has 0 bridgehead atoms. The van der Waals surface area contributed by atoms with Gasteiger partial charge in [-0.2, -0.15) is 4.98 Å².